The van der Waals surface area contributed by atoms with E-state index in [1.165, 1.54) is 17.6 Å². The molecule has 0 bridgehead atoms. The summed E-state index contributed by atoms with van der Waals surface area (Å²) in [5, 5.41) is 0. The molecule has 6 heteroatoms. The highest BCUT2D eigenvalue weighted by atomic mass is 32.2. The van der Waals surface area contributed by atoms with E-state index in [2.05, 4.69) is 0 Å². The van der Waals surface area contributed by atoms with Crippen molar-refractivity contribution in [1.29, 1.82) is 0 Å². The van der Waals surface area contributed by atoms with E-state index in [1.54, 1.807) is 7.05 Å². The molecule has 2 atom stereocenters. The molecule has 0 heterocycles. The number of nitrogens with two attached hydrogens (primary N) is 1. The van der Waals surface area contributed by atoms with Crippen molar-refractivity contribution in [2.45, 2.75) is 44.6 Å². The first kappa shape index (κ1) is 16.4. The van der Waals surface area contributed by atoms with Gasteiger partial charge in [0.15, 0.2) is 0 Å². The summed E-state index contributed by atoms with van der Waals surface area (Å²) in [5.41, 5.74) is 6.10. The second-order valence-corrected chi connectivity index (χ2v) is 7.91. The number of hydrogen-bond acceptors (Lipinski definition) is 4. The molecule has 0 aliphatic heterocycles. The van der Waals surface area contributed by atoms with Crippen molar-refractivity contribution in [2.24, 2.45) is 11.7 Å². The van der Waals surface area contributed by atoms with Crippen LogP contribution in [0.4, 0.5) is 0 Å². The lowest BCUT2D eigenvalue weighted by Gasteiger charge is -2.29. The van der Waals surface area contributed by atoms with E-state index in [-0.39, 0.29) is 30.2 Å². The summed E-state index contributed by atoms with van der Waals surface area (Å²) in [6.07, 6.45) is 7.36. The van der Waals surface area contributed by atoms with E-state index in [0.717, 1.165) is 32.1 Å². The second kappa shape index (κ2) is 7.24. The van der Waals surface area contributed by atoms with Crippen LogP contribution < -0.4 is 5.73 Å². The van der Waals surface area contributed by atoms with Crippen LogP contribution in [0.25, 0.3) is 0 Å². The third kappa shape index (κ3) is 5.91. The molecular weight excluding hydrogens is 264 g/mol. The fourth-order valence-electron chi connectivity index (χ4n) is 2.52. The normalized spacial score (nSPS) is 25.4. The Kier molecular flexibility index (Phi) is 6.26. The number of hydrogen-bond donors (Lipinski definition) is 1. The van der Waals surface area contributed by atoms with Gasteiger partial charge in [-0.25, -0.2) is 8.42 Å². The van der Waals surface area contributed by atoms with Crippen molar-refractivity contribution in [3.05, 3.63) is 0 Å². The molecule has 0 radical (unpaired) electrons. The van der Waals surface area contributed by atoms with Gasteiger partial charge in [-0.2, -0.15) is 0 Å². The van der Waals surface area contributed by atoms with E-state index in [0.29, 0.717) is 0 Å². The van der Waals surface area contributed by atoms with Gasteiger partial charge in [0.05, 0.1) is 11.7 Å². The molecule has 1 rings (SSSR count). The van der Waals surface area contributed by atoms with Crippen LogP contribution in [0.3, 0.4) is 0 Å². The molecule has 19 heavy (non-hydrogen) atoms. The van der Waals surface area contributed by atoms with Crippen LogP contribution in [0.5, 0.6) is 0 Å². The van der Waals surface area contributed by atoms with Gasteiger partial charge in [-0.1, -0.05) is 25.7 Å². The number of rotatable bonds is 4. The fraction of sp³-hybridized carbons (Fsp3) is 0.923. The molecule has 1 amide bonds. The van der Waals surface area contributed by atoms with Crippen LogP contribution >= 0.6 is 0 Å². The van der Waals surface area contributed by atoms with Gasteiger partial charge in [-0.3, -0.25) is 4.79 Å². The summed E-state index contributed by atoms with van der Waals surface area (Å²) in [7, 11) is -1.37. The lowest BCUT2D eigenvalue weighted by Crippen LogP contribution is -2.44. The van der Waals surface area contributed by atoms with Crippen molar-refractivity contribution < 1.29 is 13.2 Å². The van der Waals surface area contributed by atoms with Gasteiger partial charge in [-0.05, 0) is 12.8 Å². The molecular formula is C13H26N2O3S. The van der Waals surface area contributed by atoms with Crippen molar-refractivity contribution in [3.8, 4) is 0 Å². The molecule has 0 saturated heterocycles. The molecule has 0 aromatic heterocycles. The molecule has 0 aromatic rings. The second-order valence-electron chi connectivity index (χ2n) is 5.65. The zero-order valence-electron chi connectivity index (χ0n) is 12.0. The Morgan fingerprint density at radius 1 is 1.21 bits per heavy atom. The Bertz CT molecular complexity index is 395. The first-order valence-electron chi connectivity index (χ1n) is 6.99. The summed E-state index contributed by atoms with van der Waals surface area (Å²) < 4.78 is 22.3. The first-order chi connectivity index (χ1) is 8.81. The van der Waals surface area contributed by atoms with Gasteiger partial charge in [0.25, 0.3) is 0 Å². The SMILES string of the molecule is CN(CCS(C)(=O)=O)C(=O)[C@@H]1CCCCCC[C@H]1N. The maximum atomic E-state index is 12.3. The minimum atomic E-state index is -3.04. The van der Waals surface area contributed by atoms with Crippen LogP contribution in [-0.4, -0.2) is 50.9 Å². The highest BCUT2D eigenvalue weighted by molar-refractivity contribution is 7.90. The molecule has 1 saturated carbocycles. The first-order valence-corrected chi connectivity index (χ1v) is 9.05. The topological polar surface area (TPSA) is 80.5 Å². The van der Waals surface area contributed by atoms with Crippen LogP contribution in [0.1, 0.15) is 38.5 Å². The number of sulfone groups is 1. The van der Waals surface area contributed by atoms with E-state index in [1.807, 2.05) is 0 Å². The van der Waals surface area contributed by atoms with Gasteiger partial charge in [0.1, 0.15) is 9.84 Å². The standard InChI is InChI=1S/C13H26N2O3S/c1-15(9-10-19(2,17)18)13(16)11-7-5-3-4-6-8-12(11)14/h11-12H,3-10,14H2,1-2H3/t11-,12-/m1/s1. The largest absolute Gasteiger partial charge is 0.344 e. The van der Waals surface area contributed by atoms with Gasteiger partial charge >= 0.3 is 0 Å². The highest BCUT2D eigenvalue weighted by Crippen LogP contribution is 2.23. The summed E-state index contributed by atoms with van der Waals surface area (Å²) in [5.74, 6) is -0.139. The van der Waals surface area contributed by atoms with Crippen molar-refractivity contribution in [3.63, 3.8) is 0 Å². The molecule has 0 unspecified atom stereocenters. The Hall–Kier alpha value is -0.620. The summed E-state index contributed by atoms with van der Waals surface area (Å²) in [6.45, 7) is 0.251. The smallest absolute Gasteiger partial charge is 0.227 e. The summed E-state index contributed by atoms with van der Waals surface area (Å²) in [4.78, 5) is 13.9. The molecule has 0 aromatic carbocycles. The maximum absolute atomic E-state index is 12.3. The van der Waals surface area contributed by atoms with Crippen LogP contribution in [0.2, 0.25) is 0 Å². The van der Waals surface area contributed by atoms with E-state index < -0.39 is 9.84 Å². The fourth-order valence-corrected chi connectivity index (χ4v) is 3.12. The zero-order chi connectivity index (χ0) is 14.5. The average Bonchev–Trinajstić information content (AvgIpc) is 2.29. The quantitative estimate of drug-likeness (QED) is 0.830. The summed E-state index contributed by atoms with van der Waals surface area (Å²) in [6, 6.07) is -0.0894. The number of nitrogens with zero attached hydrogens (tertiary/aromatic N) is 1. The molecule has 2 N–H and O–H groups in total. The van der Waals surface area contributed by atoms with Crippen LogP contribution in [0, 0.1) is 5.92 Å². The molecule has 1 fully saturated rings. The third-order valence-electron chi connectivity index (χ3n) is 3.81. The lowest BCUT2D eigenvalue weighted by molar-refractivity contribution is -0.135. The summed E-state index contributed by atoms with van der Waals surface area (Å²) >= 11 is 0. The van der Waals surface area contributed by atoms with E-state index in [4.69, 9.17) is 5.73 Å². The third-order valence-corrected chi connectivity index (χ3v) is 4.73. The maximum Gasteiger partial charge on any atom is 0.227 e. The van der Waals surface area contributed by atoms with Gasteiger partial charge < -0.3 is 10.6 Å². The number of carbonyl (C=O) groups is 1. The predicted octanol–water partition coefficient (Wildman–Crippen LogP) is 0.787. The molecule has 5 nitrogen and oxygen atoms in total. The van der Waals surface area contributed by atoms with Crippen molar-refractivity contribution >= 4 is 15.7 Å². The Labute approximate surface area is 116 Å². The molecule has 1 aliphatic rings. The zero-order valence-corrected chi connectivity index (χ0v) is 12.8. The number of carbonyl (C=O) groups excluding carboxylic acids is 1. The molecule has 112 valence electrons. The minimum absolute atomic E-state index is 0.00181. The van der Waals surface area contributed by atoms with E-state index >= 15 is 0 Å². The molecule has 1 aliphatic carbocycles. The van der Waals surface area contributed by atoms with Crippen LogP contribution in [0.15, 0.2) is 0 Å². The minimum Gasteiger partial charge on any atom is -0.344 e. The van der Waals surface area contributed by atoms with Gasteiger partial charge in [0.2, 0.25) is 5.91 Å². The Morgan fingerprint density at radius 3 is 2.37 bits per heavy atom. The lowest BCUT2D eigenvalue weighted by atomic mass is 9.86. The van der Waals surface area contributed by atoms with E-state index in [9.17, 15) is 13.2 Å². The molecule has 0 spiro atoms. The Morgan fingerprint density at radius 2 is 1.79 bits per heavy atom. The van der Waals surface area contributed by atoms with Gasteiger partial charge in [-0.15, -0.1) is 0 Å². The highest BCUT2D eigenvalue weighted by Gasteiger charge is 2.28. The average molecular weight is 290 g/mol. The van der Waals surface area contributed by atoms with Crippen molar-refractivity contribution in [2.75, 3.05) is 25.6 Å². The van der Waals surface area contributed by atoms with Crippen molar-refractivity contribution in [1.82, 2.24) is 4.90 Å². The Balaban J connectivity index is 2.57. The van der Waals surface area contributed by atoms with Gasteiger partial charge in [0, 0.05) is 25.9 Å². The number of amides is 1. The monoisotopic (exact) mass is 290 g/mol. The predicted molar refractivity (Wildman–Crippen MR) is 76.5 cm³/mol. The van der Waals surface area contributed by atoms with Crippen LogP contribution in [-0.2, 0) is 14.6 Å².